The molecular formula is C18H20N8O2. The van der Waals surface area contributed by atoms with Crippen molar-refractivity contribution in [3.63, 3.8) is 0 Å². The molecule has 28 heavy (non-hydrogen) atoms. The van der Waals surface area contributed by atoms with Crippen LogP contribution >= 0.6 is 0 Å². The lowest BCUT2D eigenvalue weighted by Crippen LogP contribution is -2.37. The Balaban J connectivity index is 1.59. The molecule has 0 unspecified atom stereocenters. The van der Waals surface area contributed by atoms with Gasteiger partial charge in [0.25, 0.3) is 5.91 Å². The van der Waals surface area contributed by atoms with E-state index in [0.717, 1.165) is 25.7 Å². The molecule has 0 bridgehead atoms. The smallest absolute Gasteiger partial charge is 0.274 e. The molecule has 0 spiro atoms. The summed E-state index contributed by atoms with van der Waals surface area (Å²) < 4.78 is 2.95. The number of carbonyl (C=O) groups excluding carboxylic acids is 1. The summed E-state index contributed by atoms with van der Waals surface area (Å²) in [7, 11) is 1.67. The van der Waals surface area contributed by atoms with Gasteiger partial charge in [-0.05, 0) is 25.0 Å². The van der Waals surface area contributed by atoms with Gasteiger partial charge in [0.05, 0.1) is 29.5 Å². The second-order valence-electron chi connectivity index (χ2n) is 6.87. The molecule has 0 saturated heterocycles. The van der Waals surface area contributed by atoms with Crippen LogP contribution in [0.4, 0.5) is 11.6 Å². The van der Waals surface area contributed by atoms with Crippen LogP contribution in [0.1, 0.15) is 41.9 Å². The maximum atomic E-state index is 12.7. The minimum absolute atomic E-state index is 0.104. The van der Waals surface area contributed by atoms with E-state index in [1.54, 1.807) is 31.6 Å². The van der Waals surface area contributed by atoms with Crippen LogP contribution in [0.2, 0.25) is 0 Å². The zero-order chi connectivity index (χ0) is 19.7. The summed E-state index contributed by atoms with van der Waals surface area (Å²) >= 11 is 0. The fourth-order valence-corrected chi connectivity index (χ4v) is 3.43. The van der Waals surface area contributed by atoms with Gasteiger partial charge in [-0.2, -0.15) is 10.4 Å². The van der Waals surface area contributed by atoms with E-state index >= 15 is 0 Å². The van der Waals surface area contributed by atoms with Crippen molar-refractivity contribution >= 4 is 23.1 Å². The van der Waals surface area contributed by atoms with E-state index in [1.807, 2.05) is 6.07 Å². The van der Waals surface area contributed by atoms with E-state index in [0.29, 0.717) is 22.8 Å². The average molecular weight is 380 g/mol. The predicted octanol–water partition coefficient (Wildman–Crippen LogP) is 1.30. The first-order chi connectivity index (χ1) is 13.5. The van der Waals surface area contributed by atoms with Crippen LogP contribution < -0.4 is 10.6 Å². The summed E-state index contributed by atoms with van der Waals surface area (Å²) in [6, 6.07) is 5.22. The monoisotopic (exact) mass is 380 g/mol. The molecule has 1 amide bonds. The molecule has 1 aliphatic carbocycles. The van der Waals surface area contributed by atoms with E-state index in [1.165, 1.54) is 9.20 Å². The molecule has 144 valence electrons. The van der Waals surface area contributed by atoms with Gasteiger partial charge >= 0.3 is 0 Å². The lowest BCUT2D eigenvalue weighted by atomic mass is 9.93. The van der Waals surface area contributed by atoms with Gasteiger partial charge < -0.3 is 15.7 Å². The number of aliphatic hydroxyl groups excluding tert-OH is 1. The van der Waals surface area contributed by atoms with E-state index in [9.17, 15) is 9.90 Å². The van der Waals surface area contributed by atoms with Crippen molar-refractivity contribution in [3.8, 4) is 6.07 Å². The highest BCUT2D eigenvalue weighted by Crippen LogP contribution is 2.21. The molecule has 1 aliphatic rings. The predicted molar refractivity (Wildman–Crippen MR) is 101 cm³/mol. The minimum atomic E-state index is -0.435. The minimum Gasteiger partial charge on any atom is -0.391 e. The topological polar surface area (TPSA) is 133 Å². The summed E-state index contributed by atoms with van der Waals surface area (Å²) in [6.07, 6.45) is 6.41. The van der Waals surface area contributed by atoms with Crippen molar-refractivity contribution in [3.05, 3.63) is 35.9 Å². The van der Waals surface area contributed by atoms with Gasteiger partial charge in [-0.15, -0.1) is 5.10 Å². The summed E-state index contributed by atoms with van der Waals surface area (Å²) in [5.41, 5.74) is 1.44. The highest BCUT2D eigenvalue weighted by atomic mass is 16.3. The zero-order valence-electron chi connectivity index (χ0n) is 15.3. The Bertz CT molecular complexity index is 1060. The fourth-order valence-electron chi connectivity index (χ4n) is 3.43. The number of rotatable bonds is 4. The molecule has 0 aliphatic heterocycles. The molecule has 0 aromatic carbocycles. The van der Waals surface area contributed by atoms with Crippen molar-refractivity contribution in [1.82, 2.24) is 24.4 Å². The number of fused-ring (bicyclic) bond motifs is 1. The largest absolute Gasteiger partial charge is 0.391 e. The number of aliphatic hydroxyl groups is 1. The highest BCUT2D eigenvalue weighted by Gasteiger charge is 2.24. The number of nitriles is 1. The van der Waals surface area contributed by atoms with Crippen molar-refractivity contribution in [1.29, 1.82) is 5.26 Å². The number of nitrogens with zero attached hydrogens (tertiary/aromatic N) is 6. The van der Waals surface area contributed by atoms with Crippen LogP contribution in [-0.2, 0) is 7.05 Å². The molecule has 4 rings (SSSR count). The Morgan fingerprint density at radius 2 is 2.14 bits per heavy atom. The summed E-state index contributed by atoms with van der Waals surface area (Å²) in [6.45, 7) is 0. The van der Waals surface area contributed by atoms with Gasteiger partial charge in [-0.3, -0.25) is 9.48 Å². The second-order valence-corrected chi connectivity index (χ2v) is 6.87. The molecule has 10 nitrogen and oxygen atoms in total. The van der Waals surface area contributed by atoms with Gasteiger partial charge in [-0.25, -0.2) is 9.50 Å². The second kappa shape index (κ2) is 7.28. The number of aromatic nitrogens is 5. The number of nitrogens with one attached hydrogen (secondary N) is 2. The summed E-state index contributed by atoms with van der Waals surface area (Å²) in [5.74, 6) is -0.0605. The van der Waals surface area contributed by atoms with E-state index in [4.69, 9.17) is 5.26 Å². The molecule has 3 aromatic rings. The van der Waals surface area contributed by atoms with Gasteiger partial charge in [0.15, 0.2) is 5.69 Å². The summed E-state index contributed by atoms with van der Waals surface area (Å²) in [4.78, 5) is 17.0. The molecule has 1 fully saturated rings. The number of aryl methyl sites for hydroxylation is 1. The average Bonchev–Trinajstić information content (AvgIpc) is 3.26. The van der Waals surface area contributed by atoms with E-state index < -0.39 is 12.0 Å². The third-order valence-corrected chi connectivity index (χ3v) is 4.86. The number of anilines is 2. The zero-order valence-corrected chi connectivity index (χ0v) is 15.3. The Morgan fingerprint density at radius 1 is 1.32 bits per heavy atom. The van der Waals surface area contributed by atoms with Gasteiger partial charge in [0.2, 0.25) is 5.95 Å². The summed E-state index contributed by atoms with van der Waals surface area (Å²) in [5, 5.41) is 33.5. The van der Waals surface area contributed by atoms with Crippen molar-refractivity contribution in [2.45, 2.75) is 37.8 Å². The van der Waals surface area contributed by atoms with Crippen LogP contribution in [0.5, 0.6) is 0 Å². The Morgan fingerprint density at radius 3 is 2.93 bits per heavy atom. The molecule has 0 radical (unpaired) electrons. The Labute approximate surface area is 160 Å². The van der Waals surface area contributed by atoms with Crippen LogP contribution in [0.3, 0.4) is 0 Å². The Hall–Kier alpha value is -3.45. The first-order valence-corrected chi connectivity index (χ1v) is 9.09. The van der Waals surface area contributed by atoms with Crippen LogP contribution in [-0.4, -0.2) is 47.5 Å². The first kappa shape index (κ1) is 17.9. The molecular weight excluding hydrogens is 360 g/mol. The van der Waals surface area contributed by atoms with E-state index in [-0.39, 0.29) is 11.7 Å². The number of carbonyl (C=O) groups is 1. The van der Waals surface area contributed by atoms with Crippen molar-refractivity contribution in [2.75, 3.05) is 10.6 Å². The molecule has 2 atom stereocenters. The number of amides is 1. The lowest BCUT2D eigenvalue weighted by molar-refractivity contribution is 0.102. The van der Waals surface area contributed by atoms with Crippen LogP contribution in [0.15, 0.2) is 24.5 Å². The molecule has 3 heterocycles. The standard InChI is InChI=1S/C18H20N8O2/c1-25-10-14(13(8-19)23-25)21-17(28)15-7-6-11-9-20-18(24-26(11)15)22-12-4-2-3-5-16(12)27/h6-7,9-10,12,16,27H,2-5H2,1H3,(H,21,28)(H,22,24)/t12-,16+/m1/s1. The lowest BCUT2D eigenvalue weighted by Gasteiger charge is -2.28. The SMILES string of the molecule is Cn1cc(NC(=O)c2ccc3cnc(N[C@@H]4CCCC[C@@H]4O)nn23)c(C#N)n1. The maximum absolute atomic E-state index is 12.7. The Kier molecular flexibility index (Phi) is 4.67. The molecule has 1 saturated carbocycles. The van der Waals surface area contributed by atoms with Crippen molar-refractivity contribution < 1.29 is 9.90 Å². The van der Waals surface area contributed by atoms with Crippen LogP contribution in [0.25, 0.3) is 5.52 Å². The number of hydrogen-bond donors (Lipinski definition) is 3. The maximum Gasteiger partial charge on any atom is 0.274 e. The molecule has 3 N–H and O–H groups in total. The van der Waals surface area contributed by atoms with Gasteiger partial charge in [0, 0.05) is 13.2 Å². The van der Waals surface area contributed by atoms with Crippen LogP contribution in [0, 0.1) is 11.3 Å². The highest BCUT2D eigenvalue weighted by molar-refractivity contribution is 6.04. The van der Waals surface area contributed by atoms with Crippen molar-refractivity contribution in [2.24, 2.45) is 7.05 Å². The van der Waals surface area contributed by atoms with Gasteiger partial charge in [-0.1, -0.05) is 12.8 Å². The number of hydrogen-bond acceptors (Lipinski definition) is 7. The third-order valence-electron chi connectivity index (χ3n) is 4.86. The van der Waals surface area contributed by atoms with E-state index in [2.05, 4.69) is 25.8 Å². The third kappa shape index (κ3) is 3.39. The fraction of sp³-hybridized carbons (Fsp3) is 0.389. The molecule has 3 aromatic heterocycles. The first-order valence-electron chi connectivity index (χ1n) is 9.09. The quantitative estimate of drug-likeness (QED) is 0.621. The molecule has 10 heteroatoms. The van der Waals surface area contributed by atoms with Gasteiger partial charge in [0.1, 0.15) is 11.8 Å². The normalized spacial score (nSPS) is 19.3.